The van der Waals surface area contributed by atoms with Crippen LogP contribution in [0.1, 0.15) is 79.0 Å². The minimum atomic E-state index is -0.0183. The number of hydrogen-bond acceptors (Lipinski definition) is 3. The summed E-state index contributed by atoms with van der Waals surface area (Å²) in [7, 11) is 0. The van der Waals surface area contributed by atoms with Crippen LogP contribution in [-0.4, -0.2) is 6.71 Å². The third kappa shape index (κ3) is 5.79. The summed E-state index contributed by atoms with van der Waals surface area (Å²) in [4.78, 5) is 5.06. The Bertz CT molecular complexity index is 2920. The van der Waals surface area contributed by atoms with Crippen LogP contribution < -0.4 is 26.2 Å². The molecule has 0 bridgehead atoms. The first kappa shape index (κ1) is 36.4. The van der Waals surface area contributed by atoms with E-state index in [0.29, 0.717) is 0 Å². The number of furan rings is 1. The molecule has 2 aliphatic rings. The molecule has 3 heterocycles. The average molecular weight is 755 g/mol. The van der Waals surface area contributed by atoms with Crippen molar-refractivity contribution in [2.45, 2.75) is 78.6 Å². The highest BCUT2D eigenvalue weighted by molar-refractivity contribution is 7.00. The Labute approximate surface area is 344 Å². The molecule has 4 heteroatoms. The van der Waals surface area contributed by atoms with E-state index >= 15 is 0 Å². The second kappa shape index (κ2) is 12.8. The van der Waals surface area contributed by atoms with Crippen LogP contribution in [0.2, 0.25) is 0 Å². The van der Waals surface area contributed by atoms with Gasteiger partial charge in [0.1, 0.15) is 11.2 Å². The second-order valence-corrected chi connectivity index (χ2v) is 19.5. The van der Waals surface area contributed by atoms with Gasteiger partial charge in [0, 0.05) is 44.9 Å². The summed E-state index contributed by atoms with van der Waals surface area (Å²) < 4.78 is 6.21. The molecular formula is C54H51BN2O. The van der Waals surface area contributed by atoms with E-state index in [0.717, 1.165) is 27.6 Å². The van der Waals surface area contributed by atoms with Gasteiger partial charge in [-0.25, -0.2) is 0 Å². The second-order valence-electron chi connectivity index (χ2n) is 19.5. The summed E-state index contributed by atoms with van der Waals surface area (Å²) in [5, 5.41) is 2.28. The molecule has 0 unspecified atom stereocenters. The van der Waals surface area contributed by atoms with Crippen molar-refractivity contribution < 1.29 is 4.42 Å². The van der Waals surface area contributed by atoms with Crippen LogP contribution in [0.5, 0.6) is 0 Å². The molecule has 58 heavy (non-hydrogen) atoms. The maximum atomic E-state index is 6.21. The molecule has 8 aromatic rings. The van der Waals surface area contributed by atoms with Crippen LogP contribution in [0.15, 0.2) is 150 Å². The Morgan fingerprint density at radius 1 is 0.397 bits per heavy atom. The predicted octanol–water partition coefficient (Wildman–Crippen LogP) is 13.2. The molecule has 0 radical (unpaired) electrons. The van der Waals surface area contributed by atoms with Gasteiger partial charge in [0.15, 0.2) is 0 Å². The van der Waals surface area contributed by atoms with E-state index < -0.39 is 0 Å². The van der Waals surface area contributed by atoms with E-state index in [4.69, 9.17) is 4.42 Å². The van der Waals surface area contributed by atoms with E-state index in [1.165, 1.54) is 72.6 Å². The Kier molecular flexibility index (Phi) is 7.99. The topological polar surface area (TPSA) is 19.6 Å². The molecule has 0 fully saturated rings. The van der Waals surface area contributed by atoms with Crippen molar-refractivity contribution >= 4 is 79.2 Å². The summed E-state index contributed by atoms with van der Waals surface area (Å²) in [5.74, 6) is 0. The SMILES string of the molecule is CC(C)(C)c1ccc(N2c3cc(C(C)(C)C)ccc3B3c4ccc(C(C)(C)C)cc4N(c4cccc(-c5ccc6oc7ccccc7c6c5)c4)c4cccc2c43)cc1. The Morgan fingerprint density at radius 3 is 1.55 bits per heavy atom. The number of hydrogen-bond donors (Lipinski definition) is 0. The molecule has 0 saturated carbocycles. The number of anilines is 6. The van der Waals surface area contributed by atoms with Crippen LogP contribution in [-0.2, 0) is 16.2 Å². The molecule has 3 nitrogen and oxygen atoms in total. The molecule has 1 aromatic heterocycles. The smallest absolute Gasteiger partial charge is 0.252 e. The molecule has 0 N–H and O–H groups in total. The average Bonchev–Trinajstić information content (AvgIpc) is 3.57. The predicted molar refractivity (Wildman–Crippen MR) is 249 cm³/mol. The van der Waals surface area contributed by atoms with Crippen molar-refractivity contribution in [3.05, 3.63) is 162 Å². The van der Waals surface area contributed by atoms with Gasteiger partial charge >= 0.3 is 0 Å². The fourth-order valence-corrected chi connectivity index (χ4v) is 9.26. The highest BCUT2D eigenvalue weighted by Crippen LogP contribution is 2.46. The zero-order chi connectivity index (χ0) is 40.3. The number of nitrogens with zero attached hydrogens (tertiary/aromatic N) is 2. The summed E-state index contributed by atoms with van der Waals surface area (Å²) >= 11 is 0. The largest absolute Gasteiger partial charge is 0.456 e. The maximum Gasteiger partial charge on any atom is 0.252 e. The van der Waals surface area contributed by atoms with Crippen LogP contribution in [0.3, 0.4) is 0 Å². The van der Waals surface area contributed by atoms with Gasteiger partial charge in [-0.1, -0.05) is 141 Å². The first-order chi connectivity index (χ1) is 27.6. The molecule has 10 rings (SSSR count). The standard InChI is InChI=1S/C54H51BN2O/c1-52(2,3)36-21-25-39(26-22-36)56-45-17-13-18-46-51(45)55(43-27-23-37(32-47(43)56)53(4,5)6)44-28-24-38(54(7,8)9)33-48(44)57(46)40-15-12-14-34(30-40)35-20-29-50-42(31-35)41-16-10-11-19-49(41)58-50/h10-33H,1-9H3. The van der Waals surface area contributed by atoms with Gasteiger partial charge in [-0.05, 0) is 127 Å². The number of rotatable bonds is 3. The van der Waals surface area contributed by atoms with E-state index in [2.05, 4.69) is 206 Å². The lowest BCUT2D eigenvalue weighted by Gasteiger charge is -2.45. The van der Waals surface area contributed by atoms with Crippen LogP contribution >= 0.6 is 0 Å². The van der Waals surface area contributed by atoms with Gasteiger partial charge in [-0.15, -0.1) is 0 Å². The third-order valence-electron chi connectivity index (χ3n) is 12.5. The molecule has 286 valence electrons. The summed E-state index contributed by atoms with van der Waals surface area (Å²) in [6.07, 6.45) is 0. The van der Waals surface area contributed by atoms with Crippen LogP contribution in [0, 0.1) is 0 Å². The molecule has 0 spiro atoms. The van der Waals surface area contributed by atoms with Crippen molar-refractivity contribution in [1.29, 1.82) is 0 Å². The zero-order valence-electron chi connectivity index (χ0n) is 35.2. The lowest BCUT2D eigenvalue weighted by Crippen LogP contribution is -2.61. The zero-order valence-corrected chi connectivity index (χ0v) is 35.2. The quantitative estimate of drug-likeness (QED) is 0.168. The van der Waals surface area contributed by atoms with Gasteiger partial charge in [0.25, 0.3) is 6.71 Å². The molecular weight excluding hydrogens is 703 g/mol. The van der Waals surface area contributed by atoms with E-state index in [1.807, 2.05) is 12.1 Å². The van der Waals surface area contributed by atoms with E-state index in [9.17, 15) is 0 Å². The van der Waals surface area contributed by atoms with Gasteiger partial charge < -0.3 is 14.2 Å². The van der Waals surface area contributed by atoms with Crippen molar-refractivity contribution in [2.24, 2.45) is 0 Å². The fourth-order valence-electron chi connectivity index (χ4n) is 9.26. The van der Waals surface area contributed by atoms with E-state index in [1.54, 1.807) is 0 Å². The lowest BCUT2D eigenvalue weighted by atomic mass is 9.33. The van der Waals surface area contributed by atoms with Crippen molar-refractivity contribution in [3.63, 3.8) is 0 Å². The molecule has 7 aromatic carbocycles. The number of fused-ring (bicyclic) bond motifs is 7. The normalized spacial score (nSPS) is 13.8. The third-order valence-corrected chi connectivity index (χ3v) is 12.5. The summed E-state index contributed by atoms with van der Waals surface area (Å²) in [6, 6.07) is 54.7. The monoisotopic (exact) mass is 754 g/mol. The molecule has 0 aliphatic carbocycles. The fraction of sp³-hybridized carbons (Fsp3) is 0.222. The summed E-state index contributed by atoms with van der Waals surface area (Å²) in [6.45, 7) is 20.8. The lowest BCUT2D eigenvalue weighted by molar-refractivity contribution is 0.590. The number of para-hydroxylation sites is 1. The molecule has 0 amide bonds. The van der Waals surface area contributed by atoms with Crippen molar-refractivity contribution in [1.82, 2.24) is 0 Å². The van der Waals surface area contributed by atoms with Gasteiger partial charge in [-0.2, -0.15) is 0 Å². The van der Waals surface area contributed by atoms with Gasteiger partial charge in [-0.3, -0.25) is 0 Å². The van der Waals surface area contributed by atoms with Crippen LogP contribution in [0.4, 0.5) is 34.1 Å². The molecule has 2 aliphatic heterocycles. The van der Waals surface area contributed by atoms with Gasteiger partial charge in [0.05, 0.1) is 0 Å². The first-order valence-corrected chi connectivity index (χ1v) is 20.8. The van der Waals surface area contributed by atoms with Crippen molar-refractivity contribution in [2.75, 3.05) is 9.80 Å². The minimum Gasteiger partial charge on any atom is -0.456 e. The number of benzene rings is 7. The van der Waals surface area contributed by atoms with Gasteiger partial charge in [0.2, 0.25) is 0 Å². The van der Waals surface area contributed by atoms with Crippen LogP contribution in [0.25, 0.3) is 33.1 Å². The Balaban J connectivity index is 1.21. The maximum absolute atomic E-state index is 6.21. The highest BCUT2D eigenvalue weighted by atomic mass is 16.3. The highest BCUT2D eigenvalue weighted by Gasteiger charge is 2.44. The molecule has 0 atom stereocenters. The molecule has 0 saturated heterocycles. The Morgan fingerprint density at radius 2 is 0.931 bits per heavy atom. The first-order valence-electron chi connectivity index (χ1n) is 20.8. The van der Waals surface area contributed by atoms with E-state index in [-0.39, 0.29) is 23.0 Å². The van der Waals surface area contributed by atoms with Crippen molar-refractivity contribution in [3.8, 4) is 11.1 Å². The Hall–Kier alpha value is -6.00. The minimum absolute atomic E-state index is 0.00204. The summed E-state index contributed by atoms with van der Waals surface area (Å²) in [5.41, 5.74) is 19.5.